The molecule has 0 aliphatic heterocycles. The Morgan fingerprint density at radius 1 is 1.33 bits per heavy atom. The number of hydrogen-bond acceptors (Lipinski definition) is 3. The van der Waals surface area contributed by atoms with Crippen molar-refractivity contribution in [2.75, 3.05) is 13.2 Å². The quantitative estimate of drug-likeness (QED) is 0.725. The molecule has 84 valence electrons. The minimum absolute atomic E-state index is 0.196. The highest BCUT2D eigenvalue weighted by Crippen LogP contribution is 2.08. The largest absolute Gasteiger partial charge is 0.374 e. The molecule has 0 spiro atoms. The van der Waals surface area contributed by atoms with Gasteiger partial charge in [-0.3, -0.25) is 4.98 Å². The third-order valence-electron chi connectivity index (χ3n) is 2.34. The Kier molecular flexibility index (Phi) is 4.72. The molecule has 1 heterocycles. The third-order valence-corrected chi connectivity index (χ3v) is 2.34. The molecule has 1 aromatic rings. The van der Waals surface area contributed by atoms with Crippen molar-refractivity contribution in [1.82, 2.24) is 4.98 Å². The molecule has 3 heteroatoms. The standard InChI is InChI=1S/C12H20N2O/c1-12(2,10-13)15-9-3-4-11-5-7-14-8-6-11/h5-8H,3-4,9-10,13H2,1-2H3. The first-order chi connectivity index (χ1) is 7.14. The van der Waals surface area contributed by atoms with Crippen molar-refractivity contribution in [1.29, 1.82) is 0 Å². The van der Waals surface area contributed by atoms with Crippen LogP contribution in [0.3, 0.4) is 0 Å². The summed E-state index contributed by atoms with van der Waals surface area (Å²) >= 11 is 0. The van der Waals surface area contributed by atoms with Gasteiger partial charge in [0.1, 0.15) is 0 Å². The van der Waals surface area contributed by atoms with Crippen molar-refractivity contribution in [2.45, 2.75) is 32.3 Å². The first-order valence-electron chi connectivity index (χ1n) is 5.37. The van der Waals surface area contributed by atoms with Crippen LogP contribution in [0.2, 0.25) is 0 Å². The zero-order chi connectivity index (χ0) is 11.1. The summed E-state index contributed by atoms with van der Waals surface area (Å²) < 4.78 is 5.66. The van der Waals surface area contributed by atoms with Crippen LogP contribution in [0.5, 0.6) is 0 Å². The van der Waals surface area contributed by atoms with Crippen molar-refractivity contribution in [2.24, 2.45) is 5.73 Å². The van der Waals surface area contributed by atoms with Crippen LogP contribution < -0.4 is 5.73 Å². The summed E-state index contributed by atoms with van der Waals surface area (Å²) in [5.74, 6) is 0. The molecule has 0 aliphatic rings. The van der Waals surface area contributed by atoms with Gasteiger partial charge in [0.25, 0.3) is 0 Å². The highest BCUT2D eigenvalue weighted by molar-refractivity contribution is 5.09. The van der Waals surface area contributed by atoms with Crippen LogP contribution in [0.15, 0.2) is 24.5 Å². The lowest BCUT2D eigenvalue weighted by Crippen LogP contribution is -2.34. The molecule has 0 bridgehead atoms. The molecule has 1 aromatic heterocycles. The van der Waals surface area contributed by atoms with Gasteiger partial charge >= 0.3 is 0 Å². The number of pyridine rings is 1. The number of aryl methyl sites for hydroxylation is 1. The van der Waals surface area contributed by atoms with E-state index >= 15 is 0 Å². The van der Waals surface area contributed by atoms with Gasteiger partial charge in [0.05, 0.1) is 5.60 Å². The van der Waals surface area contributed by atoms with E-state index in [1.54, 1.807) is 0 Å². The lowest BCUT2D eigenvalue weighted by atomic mass is 10.1. The van der Waals surface area contributed by atoms with E-state index in [2.05, 4.69) is 4.98 Å². The van der Waals surface area contributed by atoms with Gasteiger partial charge in [0, 0.05) is 25.5 Å². The third kappa shape index (κ3) is 4.91. The van der Waals surface area contributed by atoms with E-state index in [9.17, 15) is 0 Å². The molecule has 0 saturated heterocycles. The fourth-order valence-corrected chi connectivity index (χ4v) is 1.23. The minimum Gasteiger partial charge on any atom is -0.374 e. The predicted octanol–water partition coefficient (Wildman–Crippen LogP) is 1.77. The number of hydrogen-bond donors (Lipinski definition) is 1. The number of ether oxygens (including phenoxy) is 1. The zero-order valence-corrected chi connectivity index (χ0v) is 9.57. The van der Waals surface area contributed by atoms with Gasteiger partial charge in [-0.15, -0.1) is 0 Å². The smallest absolute Gasteiger partial charge is 0.0748 e. The van der Waals surface area contributed by atoms with Gasteiger partial charge in [0.15, 0.2) is 0 Å². The Morgan fingerprint density at radius 3 is 2.60 bits per heavy atom. The Bertz CT molecular complexity index is 272. The minimum atomic E-state index is -0.196. The molecule has 0 unspecified atom stereocenters. The molecule has 0 radical (unpaired) electrons. The van der Waals surface area contributed by atoms with Crippen LogP contribution in [-0.2, 0) is 11.2 Å². The van der Waals surface area contributed by atoms with Crippen LogP contribution in [-0.4, -0.2) is 23.7 Å². The maximum absolute atomic E-state index is 5.66. The van der Waals surface area contributed by atoms with Gasteiger partial charge in [-0.1, -0.05) is 0 Å². The number of aromatic nitrogens is 1. The summed E-state index contributed by atoms with van der Waals surface area (Å²) in [4.78, 5) is 3.98. The van der Waals surface area contributed by atoms with Crippen LogP contribution >= 0.6 is 0 Å². The van der Waals surface area contributed by atoms with Gasteiger partial charge < -0.3 is 10.5 Å². The first-order valence-corrected chi connectivity index (χ1v) is 5.37. The van der Waals surface area contributed by atoms with E-state index in [1.165, 1.54) is 5.56 Å². The number of nitrogens with zero attached hydrogens (tertiary/aromatic N) is 1. The molecule has 0 fully saturated rings. The molecular weight excluding hydrogens is 188 g/mol. The molecule has 0 aromatic carbocycles. The molecule has 0 amide bonds. The van der Waals surface area contributed by atoms with Crippen LogP contribution in [0.1, 0.15) is 25.8 Å². The van der Waals surface area contributed by atoms with E-state index in [-0.39, 0.29) is 5.60 Å². The Hall–Kier alpha value is -0.930. The zero-order valence-electron chi connectivity index (χ0n) is 9.57. The fraction of sp³-hybridized carbons (Fsp3) is 0.583. The highest BCUT2D eigenvalue weighted by Gasteiger charge is 2.14. The molecule has 0 atom stereocenters. The number of nitrogens with two attached hydrogens (primary N) is 1. The summed E-state index contributed by atoms with van der Waals surface area (Å²) in [5, 5.41) is 0. The van der Waals surface area contributed by atoms with E-state index in [4.69, 9.17) is 10.5 Å². The van der Waals surface area contributed by atoms with Crippen molar-refractivity contribution >= 4 is 0 Å². The van der Waals surface area contributed by atoms with E-state index in [1.807, 2.05) is 38.4 Å². The van der Waals surface area contributed by atoms with E-state index in [0.717, 1.165) is 19.4 Å². The average Bonchev–Trinajstić information content (AvgIpc) is 2.26. The molecular formula is C12H20N2O. The summed E-state index contributed by atoms with van der Waals surface area (Å²) in [6.07, 6.45) is 5.69. The second-order valence-corrected chi connectivity index (χ2v) is 4.27. The maximum Gasteiger partial charge on any atom is 0.0748 e. The molecule has 3 nitrogen and oxygen atoms in total. The van der Waals surface area contributed by atoms with Crippen molar-refractivity contribution < 1.29 is 4.74 Å². The monoisotopic (exact) mass is 208 g/mol. The SMILES string of the molecule is CC(C)(CN)OCCCc1ccncc1. The van der Waals surface area contributed by atoms with E-state index in [0.29, 0.717) is 6.54 Å². The fourth-order valence-electron chi connectivity index (χ4n) is 1.23. The Balaban J connectivity index is 2.18. The molecule has 0 aliphatic carbocycles. The van der Waals surface area contributed by atoms with Gasteiger partial charge in [-0.2, -0.15) is 0 Å². The Morgan fingerprint density at radius 2 is 2.00 bits per heavy atom. The second-order valence-electron chi connectivity index (χ2n) is 4.27. The van der Waals surface area contributed by atoms with Gasteiger partial charge in [-0.25, -0.2) is 0 Å². The predicted molar refractivity (Wildman–Crippen MR) is 61.6 cm³/mol. The molecule has 1 rings (SSSR count). The maximum atomic E-state index is 5.66. The lowest BCUT2D eigenvalue weighted by molar-refractivity contribution is -0.0113. The lowest BCUT2D eigenvalue weighted by Gasteiger charge is -2.23. The first kappa shape index (κ1) is 12.1. The van der Waals surface area contributed by atoms with Crippen LogP contribution in [0, 0.1) is 0 Å². The van der Waals surface area contributed by atoms with E-state index < -0.39 is 0 Å². The summed E-state index contributed by atoms with van der Waals surface area (Å²) in [6.45, 7) is 5.34. The van der Waals surface area contributed by atoms with Crippen molar-refractivity contribution in [3.8, 4) is 0 Å². The topological polar surface area (TPSA) is 48.1 Å². The second kappa shape index (κ2) is 5.83. The molecule has 0 saturated carbocycles. The molecule has 2 N–H and O–H groups in total. The summed E-state index contributed by atoms with van der Waals surface area (Å²) in [7, 11) is 0. The number of rotatable bonds is 6. The summed E-state index contributed by atoms with van der Waals surface area (Å²) in [6, 6.07) is 4.07. The van der Waals surface area contributed by atoms with Crippen LogP contribution in [0.25, 0.3) is 0 Å². The van der Waals surface area contributed by atoms with Crippen molar-refractivity contribution in [3.05, 3.63) is 30.1 Å². The Labute approximate surface area is 91.7 Å². The van der Waals surface area contributed by atoms with Crippen LogP contribution in [0.4, 0.5) is 0 Å². The average molecular weight is 208 g/mol. The molecule has 15 heavy (non-hydrogen) atoms. The van der Waals surface area contributed by atoms with Gasteiger partial charge in [0.2, 0.25) is 0 Å². The van der Waals surface area contributed by atoms with Crippen molar-refractivity contribution in [3.63, 3.8) is 0 Å². The normalized spacial score (nSPS) is 11.7. The highest BCUT2D eigenvalue weighted by atomic mass is 16.5. The van der Waals surface area contributed by atoms with Gasteiger partial charge in [-0.05, 0) is 44.4 Å². The summed E-state index contributed by atoms with van der Waals surface area (Å²) in [5.41, 5.74) is 6.67.